The van der Waals surface area contributed by atoms with E-state index in [0.29, 0.717) is 11.8 Å². The average Bonchev–Trinajstić information content (AvgIpc) is 2.68. The molecule has 0 bridgehead atoms. The fraction of sp³-hybridized carbons (Fsp3) is 0.500. The number of fused-ring (bicyclic) bond motifs is 1. The summed E-state index contributed by atoms with van der Waals surface area (Å²) in [6.45, 7) is 6.68. The lowest BCUT2D eigenvalue weighted by Gasteiger charge is -2.20. The van der Waals surface area contributed by atoms with Crippen molar-refractivity contribution in [1.29, 1.82) is 0 Å². The Balaban J connectivity index is 2.07. The Labute approximate surface area is 108 Å². The van der Waals surface area contributed by atoms with Crippen LogP contribution in [0.15, 0.2) is 22.6 Å². The van der Waals surface area contributed by atoms with Crippen LogP contribution in [0.4, 0.5) is 0 Å². The molecule has 1 unspecified atom stereocenters. The summed E-state index contributed by atoms with van der Waals surface area (Å²) in [7, 11) is 2.12. The number of aryl methyl sites for hydroxylation is 1. The number of nitrogens with zero attached hydrogens (tertiary/aromatic N) is 2. The maximum Gasteiger partial charge on any atom is 0.192 e. The van der Waals surface area contributed by atoms with Gasteiger partial charge in [-0.25, -0.2) is 4.98 Å². The zero-order chi connectivity index (χ0) is 13.1. The second-order valence-corrected chi connectivity index (χ2v) is 5.07. The van der Waals surface area contributed by atoms with Crippen LogP contribution in [0.1, 0.15) is 18.4 Å². The minimum Gasteiger partial charge on any atom is -0.441 e. The molecule has 0 radical (unpaired) electrons. The van der Waals surface area contributed by atoms with Crippen LogP contribution >= 0.6 is 0 Å². The molecule has 0 aliphatic carbocycles. The third-order valence-corrected chi connectivity index (χ3v) is 3.04. The second-order valence-electron chi connectivity index (χ2n) is 5.07. The average molecular weight is 247 g/mol. The predicted molar refractivity (Wildman–Crippen MR) is 73.3 cm³/mol. The first-order valence-electron chi connectivity index (χ1n) is 6.33. The Morgan fingerprint density at radius 3 is 2.94 bits per heavy atom. The number of rotatable bonds is 5. The van der Waals surface area contributed by atoms with E-state index in [1.165, 1.54) is 5.56 Å². The van der Waals surface area contributed by atoms with E-state index in [-0.39, 0.29) is 0 Å². The van der Waals surface area contributed by atoms with Crippen molar-refractivity contribution in [2.24, 2.45) is 11.7 Å². The van der Waals surface area contributed by atoms with Crippen LogP contribution in [0.25, 0.3) is 11.1 Å². The maximum atomic E-state index is 5.64. The van der Waals surface area contributed by atoms with Gasteiger partial charge in [-0.3, -0.25) is 0 Å². The Morgan fingerprint density at radius 2 is 2.22 bits per heavy atom. The quantitative estimate of drug-likeness (QED) is 0.879. The summed E-state index contributed by atoms with van der Waals surface area (Å²) in [4.78, 5) is 6.64. The first-order valence-corrected chi connectivity index (χ1v) is 6.33. The van der Waals surface area contributed by atoms with Crippen molar-refractivity contribution in [3.8, 4) is 0 Å². The lowest BCUT2D eigenvalue weighted by Crippen LogP contribution is -2.28. The van der Waals surface area contributed by atoms with Gasteiger partial charge in [-0.05, 0) is 37.2 Å². The van der Waals surface area contributed by atoms with Gasteiger partial charge in [0, 0.05) is 20.0 Å². The molecule has 2 aromatic rings. The minimum atomic E-state index is 0.521. The van der Waals surface area contributed by atoms with E-state index in [4.69, 9.17) is 10.2 Å². The van der Waals surface area contributed by atoms with Crippen LogP contribution in [0, 0.1) is 12.8 Å². The molecule has 1 atom stereocenters. The largest absolute Gasteiger partial charge is 0.441 e. The molecule has 1 aromatic carbocycles. The Morgan fingerprint density at radius 1 is 1.44 bits per heavy atom. The SMILES string of the molecule is Cc1nc2cc(CN(C)CC(C)CN)ccc2o1. The molecule has 2 N–H and O–H groups in total. The molecule has 18 heavy (non-hydrogen) atoms. The molecule has 0 spiro atoms. The normalized spacial score (nSPS) is 13.4. The topological polar surface area (TPSA) is 55.3 Å². The molecule has 2 rings (SSSR count). The van der Waals surface area contributed by atoms with Crippen molar-refractivity contribution in [3.05, 3.63) is 29.7 Å². The zero-order valence-electron chi connectivity index (χ0n) is 11.3. The highest BCUT2D eigenvalue weighted by Gasteiger charge is 2.07. The highest BCUT2D eigenvalue weighted by Crippen LogP contribution is 2.17. The van der Waals surface area contributed by atoms with Crippen molar-refractivity contribution < 1.29 is 4.42 Å². The van der Waals surface area contributed by atoms with Crippen LogP contribution in [-0.2, 0) is 6.54 Å². The van der Waals surface area contributed by atoms with Gasteiger partial charge in [0.1, 0.15) is 5.52 Å². The summed E-state index contributed by atoms with van der Waals surface area (Å²) in [6, 6.07) is 6.18. The van der Waals surface area contributed by atoms with Crippen LogP contribution in [0.5, 0.6) is 0 Å². The molecular weight excluding hydrogens is 226 g/mol. The molecule has 1 aromatic heterocycles. The van der Waals surface area contributed by atoms with E-state index in [0.717, 1.165) is 30.7 Å². The van der Waals surface area contributed by atoms with Gasteiger partial charge in [-0.2, -0.15) is 0 Å². The van der Waals surface area contributed by atoms with Crippen LogP contribution in [0.2, 0.25) is 0 Å². The maximum absolute atomic E-state index is 5.64. The Bertz CT molecular complexity index is 521. The van der Waals surface area contributed by atoms with E-state index < -0.39 is 0 Å². The molecule has 0 aliphatic heterocycles. The van der Waals surface area contributed by atoms with Gasteiger partial charge in [0.15, 0.2) is 11.5 Å². The molecule has 0 saturated carbocycles. The van der Waals surface area contributed by atoms with E-state index in [2.05, 4.69) is 36.0 Å². The van der Waals surface area contributed by atoms with Gasteiger partial charge in [0.25, 0.3) is 0 Å². The van der Waals surface area contributed by atoms with Gasteiger partial charge in [-0.15, -0.1) is 0 Å². The van der Waals surface area contributed by atoms with Gasteiger partial charge >= 0.3 is 0 Å². The molecule has 1 heterocycles. The monoisotopic (exact) mass is 247 g/mol. The summed E-state index contributed by atoms with van der Waals surface area (Å²) < 4.78 is 5.47. The van der Waals surface area contributed by atoms with Crippen molar-refractivity contribution in [3.63, 3.8) is 0 Å². The molecule has 4 nitrogen and oxygen atoms in total. The number of benzene rings is 1. The summed E-state index contributed by atoms with van der Waals surface area (Å²) in [6.07, 6.45) is 0. The number of aromatic nitrogens is 1. The molecule has 0 fully saturated rings. The molecule has 98 valence electrons. The van der Waals surface area contributed by atoms with Crippen LogP contribution in [-0.4, -0.2) is 30.0 Å². The standard InChI is InChI=1S/C14H21N3O/c1-10(7-15)8-17(3)9-12-4-5-14-13(6-12)16-11(2)18-14/h4-6,10H,7-9,15H2,1-3H3. The van der Waals surface area contributed by atoms with Crippen molar-refractivity contribution in [2.45, 2.75) is 20.4 Å². The molecule has 0 saturated heterocycles. The van der Waals surface area contributed by atoms with Crippen LogP contribution in [0.3, 0.4) is 0 Å². The van der Waals surface area contributed by atoms with E-state index in [1.807, 2.05) is 13.0 Å². The van der Waals surface area contributed by atoms with Crippen molar-refractivity contribution in [2.75, 3.05) is 20.1 Å². The molecule has 0 amide bonds. The minimum absolute atomic E-state index is 0.521. The highest BCUT2D eigenvalue weighted by atomic mass is 16.3. The third kappa shape index (κ3) is 3.09. The van der Waals surface area contributed by atoms with Gasteiger partial charge in [0.2, 0.25) is 0 Å². The first-order chi connectivity index (χ1) is 8.58. The number of hydrogen-bond acceptors (Lipinski definition) is 4. The summed E-state index contributed by atoms with van der Waals surface area (Å²) in [5, 5.41) is 0. The molecular formula is C14H21N3O. The smallest absolute Gasteiger partial charge is 0.192 e. The fourth-order valence-corrected chi connectivity index (χ4v) is 2.17. The van der Waals surface area contributed by atoms with Gasteiger partial charge < -0.3 is 15.1 Å². The van der Waals surface area contributed by atoms with E-state index in [9.17, 15) is 0 Å². The fourth-order valence-electron chi connectivity index (χ4n) is 2.17. The lowest BCUT2D eigenvalue weighted by atomic mass is 10.1. The first kappa shape index (κ1) is 13.1. The van der Waals surface area contributed by atoms with Crippen molar-refractivity contribution >= 4 is 11.1 Å². The van der Waals surface area contributed by atoms with E-state index in [1.54, 1.807) is 0 Å². The second kappa shape index (κ2) is 5.50. The highest BCUT2D eigenvalue weighted by molar-refractivity contribution is 5.73. The summed E-state index contributed by atoms with van der Waals surface area (Å²) in [5.74, 6) is 1.24. The third-order valence-electron chi connectivity index (χ3n) is 3.04. The summed E-state index contributed by atoms with van der Waals surface area (Å²) >= 11 is 0. The van der Waals surface area contributed by atoms with Crippen LogP contribution < -0.4 is 5.73 Å². The number of oxazole rings is 1. The zero-order valence-corrected chi connectivity index (χ0v) is 11.3. The lowest BCUT2D eigenvalue weighted by molar-refractivity contribution is 0.282. The van der Waals surface area contributed by atoms with Gasteiger partial charge in [0.05, 0.1) is 0 Å². The predicted octanol–water partition coefficient (Wildman–Crippen LogP) is 2.16. The van der Waals surface area contributed by atoms with Crippen molar-refractivity contribution in [1.82, 2.24) is 9.88 Å². The number of nitrogens with two attached hydrogens (primary N) is 1. The molecule has 0 aliphatic rings. The Kier molecular flexibility index (Phi) is 3.99. The molecule has 4 heteroatoms. The van der Waals surface area contributed by atoms with E-state index >= 15 is 0 Å². The Hall–Kier alpha value is -1.39. The number of hydrogen-bond donors (Lipinski definition) is 1. The summed E-state index contributed by atoms with van der Waals surface area (Å²) in [5.41, 5.74) is 8.69. The van der Waals surface area contributed by atoms with Gasteiger partial charge in [-0.1, -0.05) is 13.0 Å².